The van der Waals surface area contributed by atoms with Crippen LogP contribution in [-0.2, 0) is 0 Å². The van der Waals surface area contributed by atoms with E-state index in [1.807, 2.05) is 42.5 Å². The largest absolute Gasteiger partial charge is 0.476 e. The lowest BCUT2D eigenvalue weighted by molar-refractivity contribution is 0.0691. The monoisotopic (exact) mass is 305 g/mol. The summed E-state index contributed by atoms with van der Waals surface area (Å²) in [5.74, 6) is -1.08. The minimum Gasteiger partial charge on any atom is -0.476 e. The number of nitrogens with one attached hydrogen (secondary N) is 2. The topological polar surface area (TPSA) is 108 Å². The Balaban J connectivity index is 1.72. The Hall–Kier alpha value is -3.48. The average Bonchev–Trinajstić information content (AvgIpc) is 3.23. The SMILES string of the molecule is O=C(O)c1[nH]nnc1-c1ccc(-c2ccc3cn[nH]c3c2)cc1. The quantitative estimate of drug-likeness (QED) is 0.539. The summed E-state index contributed by atoms with van der Waals surface area (Å²) >= 11 is 0. The number of hydrogen-bond acceptors (Lipinski definition) is 4. The third-order valence-electron chi connectivity index (χ3n) is 3.70. The van der Waals surface area contributed by atoms with E-state index in [0.717, 1.165) is 22.0 Å². The molecule has 3 N–H and O–H groups in total. The number of carboxylic acid groups (broad SMARTS) is 1. The predicted molar refractivity (Wildman–Crippen MR) is 83.9 cm³/mol. The molecule has 0 aliphatic heterocycles. The molecule has 0 aliphatic rings. The van der Waals surface area contributed by atoms with E-state index >= 15 is 0 Å². The molecule has 0 amide bonds. The molecular weight excluding hydrogens is 294 g/mol. The molecule has 7 heteroatoms. The van der Waals surface area contributed by atoms with Crippen LogP contribution in [0.5, 0.6) is 0 Å². The summed E-state index contributed by atoms with van der Waals surface area (Å²) in [5.41, 5.74) is 4.04. The van der Waals surface area contributed by atoms with Gasteiger partial charge in [0, 0.05) is 10.9 Å². The van der Waals surface area contributed by atoms with Crippen molar-refractivity contribution in [1.29, 1.82) is 0 Å². The Labute approximate surface area is 130 Å². The number of rotatable bonds is 3. The van der Waals surface area contributed by atoms with E-state index in [4.69, 9.17) is 5.11 Å². The zero-order valence-corrected chi connectivity index (χ0v) is 11.8. The highest BCUT2D eigenvalue weighted by Crippen LogP contribution is 2.26. The molecule has 0 unspecified atom stereocenters. The van der Waals surface area contributed by atoms with Gasteiger partial charge in [0.25, 0.3) is 0 Å². The van der Waals surface area contributed by atoms with Crippen LogP contribution < -0.4 is 0 Å². The summed E-state index contributed by atoms with van der Waals surface area (Å²) in [5, 5.41) is 26.9. The van der Waals surface area contributed by atoms with Crippen LogP contribution in [0, 0.1) is 0 Å². The predicted octanol–water partition coefficient (Wildman–Crippen LogP) is 2.71. The van der Waals surface area contributed by atoms with Gasteiger partial charge >= 0.3 is 5.97 Å². The smallest absolute Gasteiger partial charge is 0.356 e. The fraction of sp³-hybridized carbons (Fsp3) is 0. The Morgan fingerprint density at radius 1 is 0.957 bits per heavy atom. The molecule has 0 radical (unpaired) electrons. The van der Waals surface area contributed by atoms with E-state index in [1.165, 1.54) is 0 Å². The van der Waals surface area contributed by atoms with Crippen LogP contribution in [0.25, 0.3) is 33.3 Å². The first kappa shape index (κ1) is 13.2. The van der Waals surface area contributed by atoms with Gasteiger partial charge in [-0.15, -0.1) is 5.10 Å². The van der Waals surface area contributed by atoms with Crippen molar-refractivity contribution in [3.05, 3.63) is 54.4 Å². The van der Waals surface area contributed by atoms with Gasteiger partial charge in [-0.2, -0.15) is 5.10 Å². The molecule has 112 valence electrons. The van der Waals surface area contributed by atoms with Crippen LogP contribution in [-0.4, -0.2) is 36.7 Å². The second-order valence-electron chi connectivity index (χ2n) is 5.09. The Morgan fingerprint density at radius 3 is 2.48 bits per heavy atom. The Morgan fingerprint density at radius 2 is 1.70 bits per heavy atom. The van der Waals surface area contributed by atoms with Crippen molar-refractivity contribution < 1.29 is 9.90 Å². The van der Waals surface area contributed by atoms with Gasteiger partial charge in [0.2, 0.25) is 0 Å². The van der Waals surface area contributed by atoms with Gasteiger partial charge in [-0.3, -0.25) is 10.2 Å². The molecule has 4 aromatic rings. The zero-order valence-electron chi connectivity index (χ0n) is 11.8. The first-order valence-corrected chi connectivity index (χ1v) is 6.90. The average molecular weight is 305 g/mol. The van der Waals surface area contributed by atoms with Gasteiger partial charge in [-0.1, -0.05) is 41.6 Å². The maximum atomic E-state index is 11.1. The molecule has 0 spiro atoms. The molecule has 0 saturated heterocycles. The van der Waals surface area contributed by atoms with E-state index in [1.54, 1.807) is 6.20 Å². The van der Waals surface area contributed by atoms with Crippen LogP contribution in [0.2, 0.25) is 0 Å². The van der Waals surface area contributed by atoms with Crippen LogP contribution >= 0.6 is 0 Å². The maximum absolute atomic E-state index is 11.1. The van der Waals surface area contributed by atoms with E-state index in [0.29, 0.717) is 11.3 Å². The van der Waals surface area contributed by atoms with Gasteiger partial charge in [0.15, 0.2) is 5.69 Å². The molecular formula is C16H11N5O2. The highest BCUT2D eigenvalue weighted by molar-refractivity contribution is 5.92. The Kier molecular flexibility index (Phi) is 2.90. The van der Waals surface area contributed by atoms with Crippen LogP contribution in [0.4, 0.5) is 0 Å². The molecule has 0 atom stereocenters. The summed E-state index contributed by atoms with van der Waals surface area (Å²) in [6, 6.07) is 13.6. The lowest BCUT2D eigenvalue weighted by Crippen LogP contribution is -1.99. The third-order valence-corrected chi connectivity index (χ3v) is 3.70. The van der Waals surface area contributed by atoms with Gasteiger partial charge in [-0.25, -0.2) is 4.79 Å². The summed E-state index contributed by atoms with van der Waals surface area (Å²) in [6.45, 7) is 0. The van der Waals surface area contributed by atoms with Crippen molar-refractivity contribution in [3.63, 3.8) is 0 Å². The normalized spacial score (nSPS) is 11.0. The second kappa shape index (κ2) is 5.06. The minimum absolute atomic E-state index is 0.0170. The van der Waals surface area contributed by atoms with Gasteiger partial charge in [0.1, 0.15) is 5.69 Å². The third kappa shape index (κ3) is 2.24. The Bertz CT molecular complexity index is 1000. The highest BCUT2D eigenvalue weighted by atomic mass is 16.4. The molecule has 0 aliphatic carbocycles. The van der Waals surface area contributed by atoms with Crippen molar-refractivity contribution in [2.24, 2.45) is 0 Å². The molecule has 2 aromatic carbocycles. The number of aromatic carboxylic acids is 1. The lowest BCUT2D eigenvalue weighted by Gasteiger charge is -2.04. The van der Waals surface area contributed by atoms with E-state index < -0.39 is 5.97 Å². The molecule has 4 rings (SSSR count). The van der Waals surface area contributed by atoms with Crippen molar-refractivity contribution in [2.45, 2.75) is 0 Å². The second-order valence-corrected chi connectivity index (χ2v) is 5.09. The van der Waals surface area contributed by atoms with Crippen LogP contribution in [0.1, 0.15) is 10.5 Å². The first-order chi connectivity index (χ1) is 11.2. The van der Waals surface area contributed by atoms with E-state index in [2.05, 4.69) is 25.6 Å². The molecule has 0 saturated carbocycles. The summed E-state index contributed by atoms with van der Waals surface area (Å²) in [7, 11) is 0. The number of fused-ring (bicyclic) bond motifs is 1. The van der Waals surface area contributed by atoms with Crippen molar-refractivity contribution >= 4 is 16.9 Å². The molecule has 23 heavy (non-hydrogen) atoms. The number of benzene rings is 2. The fourth-order valence-corrected chi connectivity index (χ4v) is 2.52. The number of aromatic nitrogens is 5. The zero-order chi connectivity index (χ0) is 15.8. The fourth-order valence-electron chi connectivity index (χ4n) is 2.52. The number of carbonyl (C=O) groups is 1. The molecule has 7 nitrogen and oxygen atoms in total. The highest BCUT2D eigenvalue weighted by Gasteiger charge is 2.15. The number of nitrogens with zero attached hydrogens (tertiary/aromatic N) is 3. The number of carboxylic acids is 1. The molecule has 2 aromatic heterocycles. The maximum Gasteiger partial charge on any atom is 0.356 e. The van der Waals surface area contributed by atoms with E-state index in [-0.39, 0.29) is 5.69 Å². The minimum atomic E-state index is -1.08. The number of aromatic amines is 2. The number of hydrogen-bond donors (Lipinski definition) is 3. The van der Waals surface area contributed by atoms with Crippen molar-refractivity contribution in [1.82, 2.24) is 25.6 Å². The summed E-state index contributed by atoms with van der Waals surface area (Å²) < 4.78 is 0. The van der Waals surface area contributed by atoms with Gasteiger partial charge in [-0.05, 0) is 17.2 Å². The standard InChI is InChI=1S/C16H11N5O2/c22-16(23)15-14(19-21-20-15)10-3-1-9(2-4-10)11-5-6-12-8-17-18-13(12)7-11/h1-8H,(H,17,18)(H,22,23)(H,19,20,21). The summed E-state index contributed by atoms with van der Waals surface area (Å²) in [6.07, 6.45) is 1.78. The van der Waals surface area contributed by atoms with Gasteiger partial charge < -0.3 is 5.11 Å². The van der Waals surface area contributed by atoms with E-state index in [9.17, 15) is 4.79 Å². The molecule has 2 heterocycles. The first-order valence-electron chi connectivity index (χ1n) is 6.90. The van der Waals surface area contributed by atoms with Gasteiger partial charge in [0.05, 0.1) is 11.7 Å². The lowest BCUT2D eigenvalue weighted by atomic mass is 10.0. The van der Waals surface area contributed by atoms with Crippen molar-refractivity contribution in [2.75, 3.05) is 0 Å². The molecule has 0 fully saturated rings. The number of H-pyrrole nitrogens is 2. The molecule has 0 bridgehead atoms. The van der Waals surface area contributed by atoms with Crippen LogP contribution in [0.15, 0.2) is 48.7 Å². The summed E-state index contributed by atoms with van der Waals surface area (Å²) in [4.78, 5) is 11.1. The van der Waals surface area contributed by atoms with Crippen molar-refractivity contribution in [3.8, 4) is 22.4 Å². The van der Waals surface area contributed by atoms with Crippen LogP contribution in [0.3, 0.4) is 0 Å².